The summed E-state index contributed by atoms with van der Waals surface area (Å²) in [7, 11) is 2.09. The summed E-state index contributed by atoms with van der Waals surface area (Å²) in [5.74, 6) is 0.494. The quantitative estimate of drug-likeness (QED) is 0.662. The molecule has 0 unspecified atom stereocenters. The summed E-state index contributed by atoms with van der Waals surface area (Å²) in [6.45, 7) is 9.48. The number of rotatable bonds is 2. The average molecular weight is 228 g/mol. The number of nitrogens with zero attached hydrogens (tertiary/aromatic N) is 2. The van der Waals surface area contributed by atoms with Gasteiger partial charge >= 0.3 is 0 Å². The van der Waals surface area contributed by atoms with Gasteiger partial charge in [0, 0.05) is 38.5 Å². The van der Waals surface area contributed by atoms with Crippen LogP contribution in [0.4, 0.5) is 0 Å². The summed E-state index contributed by atoms with van der Waals surface area (Å²) >= 11 is 0. The lowest BCUT2D eigenvalue weighted by atomic mass is 10.3. The summed E-state index contributed by atoms with van der Waals surface area (Å²) in [4.78, 5) is 24.9. The van der Waals surface area contributed by atoms with Crippen LogP contribution >= 0.6 is 0 Å². The molecule has 1 saturated heterocycles. The fourth-order valence-electron chi connectivity index (χ4n) is 1.28. The Morgan fingerprint density at radius 3 is 2.00 bits per heavy atom. The minimum Gasteiger partial charge on any atom is -0.340 e. The van der Waals surface area contributed by atoms with Crippen LogP contribution in [-0.2, 0) is 9.59 Å². The number of amides is 1. The molecule has 94 valence electrons. The zero-order valence-electron chi connectivity index (χ0n) is 10.9. The number of likely N-dealkylation sites (N-methyl/N-ethyl adjacent to an activating group) is 1. The molecule has 4 heteroatoms. The SMILES string of the molecule is CC(C)C=O.CCC(=O)N1CCN(C)CC1. The van der Waals surface area contributed by atoms with E-state index in [9.17, 15) is 9.59 Å². The predicted molar refractivity (Wildman–Crippen MR) is 65.3 cm³/mol. The third kappa shape index (κ3) is 6.56. The van der Waals surface area contributed by atoms with Crippen molar-refractivity contribution in [3.8, 4) is 0 Å². The van der Waals surface area contributed by atoms with Gasteiger partial charge < -0.3 is 14.6 Å². The van der Waals surface area contributed by atoms with E-state index in [1.807, 2.05) is 25.7 Å². The normalized spacial score (nSPS) is 16.7. The second kappa shape index (κ2) is 8.28. The van der Waals surface area contributed by atoms with Gasteiger partial charge in [-0.15, -0.1) is 0 Å². The Kier molecular flexibility index (Phi) is 7.81. The number of hydrogen-bond donors (Lipinski definition) is 0. The van der Waals surface area contributed by atoms with Crippen LogP contribution in [0.1, 0.15) is 27.2 Å². The molecule has 4 nitrogen and oxygen atoms in total. The molecule has 1 rings (SSSR count). The van der Waals surface area contributed by atoms with Crippen molar-refractivity contribution >= 4 is 12.2 Å². The third-order valence-electron chi connectivity index (χ3n) is 2.43. The van der Waals surface area contributed by atoms with E-state index in [0.717, 1.165) is 32.5 Å². The fourth-order valence-corrected chi connectivity index (χ4v) is 1.28. The largest absolute Gasteiger partial charge is 0.340 e. The van der Waals surface area contributed by atoms with E-state index in [1.165, 1.54) is 0 Å². The van der Waals surface area contributed by atoms with Crippen LogP contribution < -0.4 is 0 Å². The van der Waals surface area contributed by atoms with E-state index < -0.39 is 0 Å². The molecule has 0 spiro atoms. The van der Waals surface area contributed by atoms with Crippen molar-refractivity contribution in [1.29, 1.82) is 0 Å². The van der Waals surface area contributed by atoms with Gasteiger partial charge in [-0.25, -0.2) is 0 Å². The lowest BCUT2D eigenvalue weighted by molar-refractivity contribution is -0.132. The van der Waals surface area contributed by atoms with Gasteiger partial charge in [-0.05, 0) is 7.05 Å². The smallest absolute Gasteiger partial charge is 0.222 e. The molecule has 1 aliphatic rings. The van der Waals surface area contributed by atoms with Gasteiger partial charge in [0.25, 0.3) is 0 Å². The lowest BCUT2D eigenvalue weighted by Gasteiger charge is -2.32. The molecule has 16 heavy (non-hydrogen) atoms. The van der Waals surface area contributed by atoms with Gasteiger partial charge in [0.05, 0.1) is 0 Å². The minimum absolute atomic E-state index is 0.204. The van der Waals surface area contributed by atoms with Gasteiger partial charge in [-0.3, -0.25) is 4.79 Å². The van der Waals surface area contributed by atoms with Crippen molar-refractivity contribution in [1.82, 2.24) is 9.80 Å². The van der Waals surface area contributed by atoms with Crippen molar-refractivity contribution in [3.63, 3.8) is 0 Å². The third-order valence-corrected chi connectivity index (χ3v) is 2.43. The zero-order chi connectivity index (χ0) is 12.6. The average Bonchev–Trinajstić information content (AvgIpc) is 2.29. The first-order chi connectivity index (χ1) is 7.51. The molecule has 0 aromatic rings. The molecule has 0 aliphatic carbocycles. The highest BCUT2D eigenvalue weighted by Gasteiger charge is 2.16. The topological polar surface area (TPSA) is 40.6 Å². The number of carbonyl (C=O) groups is 2. The second-order valence-corrected chi connectivity index (χ2v) is 4.42. The monoisotopic (exact) mass is 228 g/mol. The molecule has 0 aromatic heterocycles. The van der Waals surface area contributed by atoms with Crippen molar-refractivity contribution in [2.45, 2.75) is 27.2 Å². The van der Waals surface area contributed by atoms with Crippen LogP contribution in [0.15, 0.2) is 0 Å². The maximum Gasteiger partial charge on any atom is 0.222 e. The molecule has 0 N–H and O–H groups in total. The molecule has 1 amide bonds. The molecule has 0 aromatic carbocycles. The van der Waals surface area contributed by atoms with Crippen LogP contribution in [0.2, 0.25) is 0 Å². The number of piperazine rings is 1. The summed E-state index contributed by atoms with van der Waals surface area (Å²) < 4.78 is 0. The van der Waals surface area contributed by atoms with Crippen LogP contribution in [0.5, 0.6) is 0 Å². The highest BCUT2D eigenvalue weighted by Crippen LogP contribution is 2.00. The van der Waals surface area contributed by atoms with E-state index in [2.05, 4.69) is 11.9 Å². The molecule has 1 heterocycles. The van der Waals surface area contributed by atoms with Crippen LogP contribution in [0, 0.1) is 5.92 Å². The standard InChI is InChI=1S/C8H16N2O.C4H8O/c1-3-8(11)10-6-4-9(2)5-7-10;1-4(2)3-5/h3-7H2,1-2H3;3-4H,1-2H3. The summed E-state index contributed by atoms with van der Waals surface area (Å²) in [5.41, 5.74) is 0. The van der Waals surface area contributed by atoms with E-state index >= 15 is 0 Å². The molecular formula is C12H24N2O2. The highest BCUT2D eigenvalue weighted by molar-refractivity contribution is 5.75. The van der Waals surface area contributed by atoms with Gasteiger partial charge in [-0.1, -0.05) is 20.8 Å². The highest BCUT2D eigenvalue weighted by atomic mass is 16.2. The molecular weight excluding hydrogens is 204 g/mol. The summed E-state index contributed by atoms with van der Waals surface area (Å²) in [6, 6.07) is 0. The molecule has 0 saturated carbocycles. The van der Waals surface area contributed by atoms with Gasteiger partial charge in [0.1, 0.15) is 6.29 Å². The maximum absolute atomic E-state index is 11.2. The van der Waals surface area contributed by atoms with Gasteiger partial charge in [0.15, 0.2) is 0 Å². The molecule has 1 fully saturated rings. The van der Waals surface area contributed by atoms with E-state index in [4.69, 9.17) is 0 Å². The molecule has 0 atom stereocenters. The predicted octanol–water partition coefficient (Wildman–Crippen LogP) is 1.01. The van der Waals surface area contributed by atoms with Crippen LogP contribution in [-0.4, -0.2) is 55.2 Å². The second-order valence-electron chi connectivity index (χ2n) is 4.42. The Labute approximate surface area is 98.6 Å². The first-order valence-electron chi connectivity index (χ1n) is 5.92. The lowest BCUT2D eigenvalue weighted by Crippen LogP contribution is -2.46. The Balaban J connectivity index is 0.000000385. The van der Waals surface area contributed by atoms with Crippen molar-refractivity contribution < 1.29 is 9.59 Å². The Morgan fingerprint density at radius 2 is 1.69 bits per heavy atom. The molecule has 0 bridgehead atoms. The van der Waals surface area contributed by atoms with Gasteiger partial charge in [0.2, 0.25) is 5.91 Å². The van der Waals surface area contributed by atoms with Crippen LogP contribution in [0.25, 0.3) is 0 Å². The Hall–Kier alpha value is -0.900. The van der Waals surface area contributed by atoms with E-state index in [1.54, 1.807) is 0 Å². The summed E-state index contributed by atoms with van der Waals surface area (Å²) in [6.07, 6.45) is 1.56. The molecule has 1 aliphatic heterocycles. The van der Waals surface area contributed by atoms with Crippen molar-refractivity contribution in [2.75, 3.05) is 33.2 Å². The van der Waals surface area contributed by atoms with E-state index in [-0.39, 0.29) is 11.8 Å². The van der Waals surface area contributed by atoms with Crippen molar-refractivity contribution in [3.05, 3.63) is 0 Å². The maximum atomic E-state index is 11.2. The molecule has 0 radical (unpaired) electrons. The van der Waals surface area contributed by atoms with Gasteiger partial charge in [-0.2, -0.15) is 0 Å². The number of aldehydes is 1. The van der Waals surface area contributed by atoms with Crippen LogP contribution in [0.3, 0.4) is 0 Å². The zero-order valence-corrected chi connectivity index (χ0v) is 10.9. The summed E-state index contributed by atoms with van der Waals surface area (Å²) in [5, 5.41) is 0. The number of hydrogen-bond acceptors (Lipinski definition) is 3. The number of carbonyl (C=O) groups excluding carboxylic acids is 2. The fraction of sp³-hybridized carbons (Fsp3) is 0.833. The first kappa shape index (κ1) is 15.1. The Bertz CT molecular complexity index is 209. The minimum atomic E-state index is 0.204. The Morgan fingerprint density at radius 1 is 1.25 bits per heavy atom. The van der Waals surface area contributed by atoms with E-state index in [0.29, 0.717) is 6.42 Å². The first-order valence-corrected chi connectivity index (χ1v) is 5.92. The van der Waals surface area contributed by atoms with Crippen molar-refractivity contribution in [2.24, 2.45) is 5.92 Å².